The van der Waals surface area contributed by atoms with Gasteiger partial charge < -0.3 is 19.5 Å². The number of carbonyl (C=O) groups is 1. The van der Waals surface area contributed by atoms with Crippen LogP contribution in [-0.2, 0) is 26.3 Å². The van der Waals surface area contributed by atoms with Crippen molar-refractivity contribution < 1.29 is 23.6 Å². The summed E-state index contributed by atoms with van der Waals surface area (Å²) in [7, 11) is -2.87. The third-order valence-electron chi connectivity index (χ3n) is 10.6. The van der Waals surface area contributed by atoms with Crippen molar-refractivity contribution in [2.75, 3.05) is 37.0 Å². The largest absolute Gasteiger partial charge is 0.490 e. The molecule has 0 radical (unpaired) electrons. The summed E-state index contributed by atoms with van der Waals surface area (Å²) >= 11 is 6.42. The number of anilines is 1. The van der Waals surface area contributed by atoms with Gasteiger partial charge in [0.05, 0.1) is 24.0 Å². The predicted molar refractivity (Wildman–Crippen MR) is 167 cm³/mol. The molecule has 1 amide bonds. The van der Waals surface area contributed by atoms with E-state index in [1.54, 1.807) is 6.07 Å². The van der Waals surface area contributed by atoms with Gasteiger partial charge in [-0.3, -0.25) is 9.52 Å². The zero-order chi connectivity index (χ0) is 29.1. The highest BCUT2D eigenvalue weighted by atomic mass is 35.5. The smallest absolute Gasteiger partial charge is 0.262 e. The molecule has 2 N–H and O–H groups in total. The molecular formula is C33H41ClN2O5S. The molecule has 2 aliphatic carbocycles. The van der Waals surface area contributed by atoms with Crippen molar-refractivity contribution >= 4 is 38.8 Å². The van der Waals surface area contributed by atoms with E-state index in [1.165, 1.54) is 11.1 Å². The number of nitrogens with zero attached hydrogens (tertiary/aromatic N) is 1. The number of aryl methyl sites for hydroxylation is 1. The third kappa shape index (κ3) is 5.33. The highest BCUT2D eigenvalue weighted by Crippen LogP contribution is 2.48. The van der Waals surface area contributed by atoms with Gasteiger partial charge in [0.15, 0.2) is 0 Å². The highest BCUT2D eigenvalue weighted by Gasteiger charge is 2.47. The molecule has 2 aromatic carbocycles. The van der Waals surface area contributed by atoms with Gasteiger partial charge in [-0.05, 0) is 111 Å². The van der Waals surface area contributed by atoms with Crippen molar-refractivity contribution in [1.82, 2.24) is 4.72 Å². The molecule has 226 valence electrons. The Morgan fingerprint density at radius 2 is 2.00 bits per heavy atom. The van der Waals surface area contributed by atoms with Gasteiger partial charge in [0, 0.05) is 57.6 Å². The molecule has 1 spiro atoms. The van der Waals surface area contributed by atoms with Crippen LogP contribution in [0, 0.1) is 11.8 Å². The SMILES string of the molecule is C=S1(=O)CCC[C@]2(O)CCO[C@@H](C2)[C@@H]2CC[C@H]2CN2C[C@@]3(CCCc4cc(Cl)ccc43)COc3ccc(cc32)C(=O)N1. The molecule has 4 bridgehead atoms. The van der Waals surface area contributed by atoms with Gasteiger partial charge in [-0.15, -0.1) is 0 Å². The lowest BCUT2D eigenvalue weighted by Gasteiger charge is -2.49. The van der Waals surface area contributed by atoms with Crippen LogP contribution in [0.2, 0.25) is 5.02 Å². The van der Waals surface area contributed by atoms with Crippen LogP contribution in [0.5, 0.6) is 5.75 Å². The van der Waals surface area contributed by atoms with Crippen LogP contribution in [0.4, 0.5) is 5.69 Å². The first kappa shape index (κ1) is 28.5. The minimum atomic E-state index is -2.87. The summed E-state index contributed by atoms with van der Waals surface area (Å²) in [5.41, 5.74) is 2.89. The average Bonchev–Trinajstić information content (AvgIpc) is 3.07. The molecule has 1 unspecified atom stereocenters. The van der Waals surface area contributed by atoms with Crippen LogP contribution >= 0.6 is 11.6 Å². The minimum Gasteiger partial charge on any atom is -0.490 e. The Hall–Kier alpha value is -2.26. The summed E-state index contributed by atoms with van der Waals surface area (Å²) in [6.07, 6.45) is 7.52. The van der Waals surface area contributed by atoms with Crippen LogP contribution in [0.1, 0.15) is 72.9 Å². The van der Waals surface area contributed by atoms with Crippen molar-refractivity contribution in [3.05, 3.63) is 58.1 Å². The lowest BCUT2D eigenvalue weighted by molar-refractivity contribution is -0.144. The van der Waals surface area contributed by atoms with E-state index in [1.807, 2.05) is 18.2 Å². The number of ether oxygens (including phenoxy) is 2. The summed E-state index contributed by atoms with van der Waals surface area (Å²) in [4.78, 5) is 15.8. The Kier molecular flexibility index (Phi) is 7.28. The quantitative estimate of drug-likeness (QED) is 0.412. The van der Waals surface area contributed by atoms with E-state index in [0.717, 1.165) is 61.7 Å². The predicted octanol–water partition coefficient (Wildman–Crippen LogP) is 4.90. The molecule has 1 saturated carbocycles. The number of carbonyl (C=O) groups excluding carboxylic acids is 1. The second-order valence-electron chi connectivity index (χ2n) is 13.4. The van der Waals surface area contributed by atoms with Crippen molar-refractivity contribution in [3.8, 4) is 5.75 Å². The first-order valence-electron chi connectivity index (χ1n) is 15.4. The summed E-state index contributed by atoms with van der Waals surface area (Å²) in [5, 5.41) is 12.3. The highest BCUT2D eigenvalue weighted by molar-refractivity contribution is 7.99. The van der Waals surface area contributed by atoms with Crippen molar-refractivity contribution in [3.63, 3.8) is 0 Å². The molecule has 6 atom stereocenters. The van der Waals surface area contributed by atoms with E-state index in [0.29, 0.717) is 56.3 Å². The van der Waals surface area contributed by atoms with Crippen LogP contribution in [0.15, 0.2) is 36.4 Å². The third-order valence-corrected chi connectivity index (χ3v) is 12.3. The molecule has 7 rings (SSSR count). The Morgan fingerprint density at radius 3 is 2.83 bits per heavy atom. The molecule has 3 aliphatic heterocycles. The Morgan fingerprint density at radius 1 is 1.12 bits per heavy atom. The number of halogens is 1. The number of amides is 1. The second-order valence-corrected chi connectivity index (χ2v) is 16.1. The number of fused-ring (bicyclic) bond motifs is 7. The van der Waals surface area contributed by atoms with Crippen LogP contribution in [0.25, 0.3) is 0 Å². The summed E-state index contributed by atoms with van der Waals surface area (Å²) in [5.74, 6) is 5.24. The monoisotopic (exact) mass is 612 g/mol. The van der Waals surface area contributed by atoms with Gasteiger partial charge in [0.1, 0.15) is 5.75 Å². The van der Waals surface area contributed by atoms with Gasteiger partial charge in [-0.1, -0.05) is 17.7 Å². The van der Waals surface area contributed by atoms with Gasteiger partial charge in [0.2, 0.25) is 0 Å². The van der Waals surface area contributed by atoms with E-state index < -0.39 is 21.2 Å². The molecule has 0 aromatic heterocycles. The fraction of sp³-hybridized carbons (Fsp3) is 0.576. The average molecular weight is 613 g/mol. The number of hydrogen-bond donors (Lipinski definition) is 2. The molecular weight excluding hydrogens is 572 g/mol. The number of benzene rings is 2. The molecule has 2 fully saturated rings. The van der Waals surface area contributed by atoms with E-state index in [2.05, 4.69) is 27.6 Å². The number of aliphatic hydroxyl groups is 1. The number of nitrogens with one attached hydrogen (secondary N) is 1. The zero-order valence-electron chi connectivity index (χ0n) is 24.1. The second kappa shape index (κ2) is 10.7. The maximum atomic E-state index is 13.4. The van der Waals surface area contributed by atoms with E-state index in [-0.39, 0.29) is 17.3 Å². The van der Waals surface area contributed by atoms with Gasteiger partial charge in [-0.2, -0.15) is 0 Å². The maximum absolute atomic E-state index is 13.4. The van der Waals surface area contributed by atoms with Crippen LogP contribution in [0.3, 0.4) is 0 Å². The first-order chi connectivity index (χ1) is 20.1. The molecule has 2 aromatic rings. The van der Waals surface area contributed by atoms with Crippen molar-refractivity contribution in [2.45, 2.75) is 74.9 Å². The van der Waals surface area contributed by atoms with Crippen LogP contribution < -0.4 is 14.4 Å². The molecule has 42 heavy (non-hydrogen) atoms. The molecule has 7 nitrogen and oxygen atoms in total. The molecule has 1 saturated heterocycles. The standard InChI is InChI=1S/C33H41ClN2O5S/c1-42(39)15-3-12-33(38)13-14-40-30(18-33)26-8-5-24(26)19-36-20-32(11-2-4-22-16-25(34)7-9-27(22)32)21-41-29-10-6-23(17-28(29)36)31(37)35-42/h6-7,9-10,16-17,24,26,30,38H,1-5,8,11-15,18-21H2,(H,35,37,39)/t24-,26+,30-,32-,33-,42?/m0/s1. The molecule has 9 heteroatoms. The van der Waals surface area contributed by atoms with Gasteiger partial charge >= 0.3 is 0 Å². The topological polar surface area (TPSA) is 88.1 Å². The Balaban J connectivity index is 1.29. The summed E-state index contributed by atoms with van der Waals surface area (Å²) in [6.45, 7) is 2.68. The number of rotatable bonds is 0. The normalized spacial score (nSPS) is 36.5. The fourth-order valence-electron chi connectivity index (χ4n) is 8.20. The number of hydrogen-bond acceptors (Lipinski definition) is 6. The lowest BCUT2D eigenvalue weighted by Crippen LogP contribution is -2.52. The van der Waals surface area contributed by atoms with Crippen LogP contribution in [-0.4, -0.2) is 64.9 Å². The van der Waals surface area contributed by atoms with Crippen molar-refractivity contribution in [2.24, 2.45) is 11.8 Å². The minimum absolute atomic E-state index is 0.0137. The maximum Gasteiger partial charge on any atom is 0.262 e. The van der Waals surface area contributed by atoms with Crippen molar-refractivity contribution in [1.29, 1.82) is 0 Å². The Labute approximate surface area is 254 Å². The lowest BCUT2D eigenvalue weighted by atomic mass is 9.66. The first-order valence-corrected chi connectivity index (χ1v) is 17.7. The van der Waals surface area contributed by atoms with E-state index >= 15 is 0 Å². The molecule has 3 heterocycles. The van der Waals surface area contributed by atoms with E-state index in [4.69, 9.17) is 21.1 Å². The van der Waals surface area contributed by atoms with Gasteiger partial charge in [0.25, 0.3) is 5.91 Å². The summed E-state index contributed by atoms with van der Waals surface area (Å²) < 4.78 is 28.9. The zero-order valence-corrected chi connectivity index (χ0v) is 25.7. The molecule has 5 aliphatic rings. The summed E-state index contributed by atoms with van der Waals surface area (Å²) in [6, 6.07) is 11.8. The van der Waals surface area contributed by atoms with Gasteiger partial charge in [-0.25, -0.2) is 4.21 Å². The Bertz CT molecular complexity index is 1500. The van der Waals surface area contributed by atoms with E-state index in [9.17, 15) is 14.1 Å². The fourth-order valence-corrected chi connectivity index (χ4v) is 9.56.